The Bertz CT molecular complexity index is 1310. The van der Waals surface area contributed by atoms with Crippen molar-refractivity contribution in [2.75, 3.05) is 26.2 Å². The van der Waals surface area contributed by atoms with Gasteiger partial charge in [-0.1, -0.05) is 18.2 Å². The molecule has 6 nitrogen and oxygen atoms in total. The Balaban J connectivity index is 1.07. The summed E-state index contributed by atoms with van der Waals surface area (Å²) in [4.78, 5) is 19.4. The number of fused-ring (bicyclic) bond motifs is 2. The van der Waals surface area contributed by atoms with Gasteiger partial charge in [0.15, 0.2) is 12.4 Å². The molecule has 2 aromatic heterocycles. The van der Waals surface area contributed by atoms with Gasteiger partial charge in [0, 0.05) is 68.4 Å². The maximum absolute atomic E-state index is 15.7. The maximum atomic E-state index is 15.7. The molecule has 0 bridgehead atoms. The van der Waals surface area contributed by atoms with Gasteiger partial charge in [-0.05, 0) is 56.1 Å². The van der Waals surface area contributed by atoms with Crippen molar-refractivity contribution in [1.29, 1.82) is 0 Å². The number of hydrogen-bond acceptors (Lipinski definition) is 5. The van der Waals surface area contributed by atoms with Crippen LogP contribution in [0.25, 0.3) is 10.9 Å². The van der Waals surface area contributed by atoms with Crippen molar-refractivity contribution in [3.05, 3.63) is 53.3 Å². The number of hydrogen-bond donors (Lipinski definition) is 0. The molecule has 10 heteroatoms. The molecule has 5 rings (SSSR count). The fourth-order valence-electron chi connectivity index (χ4n) is 5.77. The Labute approximate surface area is 225 Å². The van der Waals surface area contributed by atoms with E-state index in [9.17, 15) is 18.0 Å². The average molecular weight is 547 g/mol. The molecule has 210 valence electrons. The van der Waals surface area contributed by atoms with Crippen molar-refractivity contribution in [1.82, 2.24) is 19.7 Å². The smallest absolute Gasteiger partial charge is 0.422 e. The summed E-state index contributed by atoms with van der Waals surface area (Å²) in [6.45, 7) is 0.691. The van der Waals surface area contributed by atoms with Crippen molar-refractivity contribution in [3.63, 3.8) is 0 Å². The van der Waals surface area contributed by atoms with Crippen LogP contribution < -0.4 is 4.74 Å². The van der Waals surface area contributed by atoms with Crippen molar-refractivity contribution >= 4 is 16.7 Å². The van der Waals surface area contributed by atoms with Crippen LogP contribution in [0.15, 0.2) is 36.5 Å². The SMILES string of the molecule is Cn1cc2ccc(C(=O)CC3CCC(F)(CCN4CCc5ccc(OCC(F)(F)F)nc5CC4)CC3)cc2n1. The average Bonchev–Trinajstić information content (AvgIpc) is 3.15. The second kappa shape index (κ2) is 11.2. The number of rotatable bonds is 8. The molecular formula is C29H34F4N4O2. The number of nitrogens with zero attached hydrogens (tertiary/aromatic N) is 4. The number of pyridine rings is 1. The predicted molar refractivity (Wildman–Crippen MR) is 140 cm³/mol. The first-order chi connectivity index (χ1) is 18.6. The lowest BCUT2D eigenvalue weighted by Gasteiger charge is -2.35. The van der Waals surface area contributed by atoms with Crippen molar-refractivity contribution in [3.8, 4) is 5.88 Å². The normalized spacial score (nSPS) is 22.4. The molecule has 2 aliphatic rings. The van der Waals surface area contributed by atoms with Gasteiger partial charge in [0.05, 0.1) is 5.52 Å². The van der Waals surface area contributed by atoms with E-state index >= 15 is 4.39 Å². The molecule has 0 amide bonds. The third kappa shape index (κ3) is 7.15. The van der Waals surface area contributed by atoms with Crippen molar-refractivity contribution < 1.29 is 27.1 Å². The van der Waals surface area contributed by atoms with Gasteiger partial charge in [-0.25, -0.2) is 9.37 Å². The highest BCUT2D eigenvalue weighted by molar-refractivity contribution is 5.99. The molecule has 0 radical (unpaired) electrons. The van der Waals surface area contributed by atoms with E-state index in [1.165, 1.54) is 6.07 Å². The van der Waals surface area contributed by atoms with E-state index in [0.717, 1.165) is 35.1 Å². The van der Waals surface area contributed by atoms with E-state index in [1.54, 1.807) is 10.7 Å². The molecular weight excluding hydrogens is 512 g/mol. The zero-order valence-electron chi connectivity index (χ0n) is 22.1. The minimum atomic E-state index is -4.41. The quantitative estimate of drug-likeness (QED) is 0.261. The number of Topliss-reactive ketones (excluding diaryl/α,β-unsaturated/α-hetero) is 1. The molecule has 1 aromatic carbocycles. The molecule has 0 unspecified atom stereocenters. The predicted octanol–water partition coefficient (Wildman–Crippen LogP) is 5.87. The Morgan fingerprint density at radius 1 is 1.13 bits per heavy atom. The topological polar surface area (TPSA) is 60.2 Å². The molecule has 0 spiro atoms. The van der Waals surface area contributed by atoms with Gasteiger partial charge in [-0.3, -0.25) is 9.48 Å². The number of alkyl halides is 4. The third-order valence-corrected chi connectivity index (χ3v) is 8.08. The molecule has 1 aliphatic carbocycles. The number of ketones is 1. The van der Waals surface area contributed by atoms with Crippen LogP contribution in [0.2, 0.25) is 0 Å². The minimum Gasteiger partial charge on any atom is -0.468 e. The second-order valence-electron chi connectivity index (χ2n) is 11.0. The molecule has 39 heavy (non-hydrogen) atoms. The van der Waals surface area contributed by atoms with E-state index in [1.807, 2.05) is 31.4 Å². The number of carbonyl (C=O) groups is 1. The van der Waals surface area contributed by atoms with E-state index in [-0.39, 0.29) is 17.6 Å². The first kappa shape index (κ1) is 27.6. The van der Waals surface area contributed by atoms with Crippen LogP contribution in [0.4, 0.5) is 17.6 Å². The number of aryl methyl sites for hydroxylation is 1. The zero-order chi connectivity index (χ0) is 27.6. The summed E-state index contributed by atoms with van der Waals surface area (Å²) in [7, 11) is 1.85. The number of aromatic nitrogens is 3. The van der Waals surface area contributed by atoms with Crippen molar-refractivity contribution in [2.24, 2.45) is 13.0 Å². The van der Waals surface area contributed by atoms with Gasteiger partial charge in [-0.2, -0.15) is 18.3 Å². The summed E-state index contributed by atoms with van der Waals surface area (Å²) in [5, 5.41) is 5.38. The van der Waals surface area contributed by atoms with Crippen molar-refractivity contribution in [2.45, 2.75) is 63.2 Å². The summed E-state index contributed by atoms with van der Waals surface area (Å²) in [6, 6.07) is 8.87. The fourth-order valence-corrected chi connectivity index (χ4v) is 5.77. The Morgan fingerprint density at radius 3 is 2.67 bits per heavy atom. The lowest BCUT2D eigenvalue weighted by molar-refractivity contribution is -0.154. The number of ether oxygens (including phenoxy) is 1. The molecule has 1 fully saturated rings. The zero-order valence-corrected chi connectivity index (χ0v) is 22.1. The molecule has 0 N–H and O–H groups in total. The molecule has 3 aromatic rings. The summed E-state index contributed by atoms with van der Waals surface area (Å²) >= 11 is 0. The first-order valence-electron chi connectivity index (χ1n) is 13.6. The van der Waals surface area contributed by atoms with Gasteiger partial charge in [0.25, 0.3) is 0 Å². The molecule has 0 atom stereocenters. The van der Waals surface area contributed by atoms with Gasteiger partial charge in [0.1, 0.15) is 5.67 Å². The van der Waals surface area contributed by atoms with Crippen LogP contribution in [-0.4, -0.2) is 63.5 Å². The number of halogens is 4. The monoisotopic (exact) mass is 546 g/mol. The van der Waals surface area contributed by atoms with Crippen LogP contribution in [0, 0.1) is 5.92 Å². The standard InChI is InChI=1S/C29H34F4N4O2/c1-36-18-23-3-2-22(17-25(23)35-36)26(38)16-20-6-10-28(30,11-7-20)12-15-37-13-8-21-4-5-27(34-24(21)9-14-37)39-19-29(31,32)33/h2-5,17-18,20H,6-16,19H2,1H3. The molecule has 1 saturated carbocycles. The molecule has 1 aliphatic heterocycles. The van der Waals surface area contributed by atoms with E-state index in [0.29, 0.717) is 63.6 Å². The van der Waals surface area contributed by atoms with E-state index in [2.05, 4.69) is 15.0 Å². The summed E-state index contributed by atoms with van der Waals surface area (Å²) in [6.07, 6.45) is 2.00. The van der Waals surface area contributed by atoms with Crippen LogP contribution in [0.5, 0.6) is 5.88 Å². The van der Waals surface area contributed by atoms with Crippen LogP contribution in [-0.2, 0) is 19.9 Å². The van der Waals surface area contributed by atoms with Gasteiger partial charge in [-0.15, -0.1) is 0 Å². The lowest BCUT2D eigenvalue weighted by Crippen LogP contribution is -2.36. The highest BCUT2D eigenvalue weighted by Gasteiger charge is 2.36. The second-order valence-corrected chi connectivity index (χ2v) is 11.0. The van der Waals surface area contributed by atoms with Crippen LogP contribution in [0.1, 0.15) is 60.1 Å². The molecule has 3 heterocycles. The Kier molecular flexibility index (Phi) is 7.94. The van der Waals surface area contributed by atoms with Gasteiger partial charge in [0.2, 0.25) is 5.88 Å². The van der Waals surface area contributed by atoms with E-state index in [4.69, 9.17) is 4.74 Å². The minimum absolute atomic E-state index is 0.0187. The highest BCUT2D eigenvalue weighted by atomic mass is 19.4. The van der Waals surface area contributed by atoms with Crippen LogP contribution in [0.3, 0.4) is 0 Å². The number of benzene rings is 1. The first-order valence-corrected chi connectivity index (χ1v) is 13.6. The largest absolute Gasteiger partial charge is 0.468 e. The van der Waals surface area contributed by atoms with E-state index < -0.39 is 18.5 Å². The Morgan fingerprint density at radius 2 is 1.90 bits per heavy atom. The third-order valence-electron chi connectivity index (χ3n) is 8.08. The van der Waals surface area contributed by atoms with Gasteiger partial charge >= 0.3 is 6.18 Å². The summed E-state index contributed by atoms with van der Waals surface area (Å²) < 4.78 is 59.6. The lowest BCUT2D eigenvalue weighted by atomic mass is 9.76. The Hall–Kier alpha value is -3.01. The molecule has 0 saturated heterocycles. The summed E-state index contributed by atoms with van der Waals surface area (Å²) in [5.41, 5.74) is 1.98. The maximum Gasteiger partial charge on any atom is 0.422 e. The van der Waals surface area contributed by atoms with Crippen LogP contribution >= 0.6 is 0 Å². The summed E-state index contributed by atoms with van der Waals surface area (Å²) in [5.74, 6) is 0.256. The number of carbonyl (C=O) groups excluding carboxylic acids is 1. The fraction of sp³-hybridized carbons (Fsp3) is 0.552. The van der Waals surface area contributed by atoms with Gasteiger partial charge < -0.3 is 9.64 Å². The highest BCUT2D eigenvalue weighted by Crippen LogP contribution is 2.39.